The normalized spacial score (nSPS) is 13.4. The number of aliphatic hydroxyl groups excluding tert-OH is 1. The van der Waals surface area contributed by atoms with Gasteiger partial charge in [0.05, 0.1) is 6.10 Å². The van der Waals surface area contributed by atoms with Crippen LogP contribution in [-0.4, -0.2) is 11.2 Å². The molecule has 0 aliphatic rings. The minimum absolute atomic E-state index is 0.283. The molecule has 0 saturated carbocycles. The zero-order valence-electron chi connectivity index (χ0n) is 5.39. The minimum Gasteiger partial charge on any atom is -0.392 e. The quantitative estimate of drug-likeness (QED) is 0.529. The van der Waals surface area contributed by atoms with E-state index in [9.17, 15) is 0 Å². The first-order valence-electron chi connectivity index (χ1n) is 2.80. The van der Waals surface area contributed by atoms with Crippen LogP contribution in [0.3, 0.4) is 0 Å². The Hall–Kier alpha value is -0.480. The summed E-state index contributed by atoms with van der Waals surface area (Å²) in [6.45, 7) is 3.89. The molecule has 0 amide bonds. The monoisotopic (exact) mass is 112 g/mol. The Morgan fingerprint density at radius 1 is 1.62 bits per heavy atom. The van der Waals surface area contributed by atoms with Crippen molar-refractivity contribution in [2.75, 3.05) is 0 Å². The first-order valence-corrected chi connectivity index (χ1v) is 2.80. The van der Waals surface area contributed by atoms with Gasteiger partial charge in [-0.25, -0.2) is 0 Å². The molecule has 8 heavy (non-hydrogen) atoms. The van der Waals surface area contributed by atoms with Crippen LogP contribution >= 0.6 is 0 Å². The Bertz CT molecular complexity index is 89.1. The van der Waals surface area contributed by atoms with Crippen molar-refractivity contribution in [3.63, 3.8) is 0 Å². The predicted molar refractivity (Wildman–Crippen MR) is 34.3 cm³/mol. The summed E-state index contributed by atoms with van der Waals surface area (Å²) in [7, 11) is 0. The van der Waals surface area contributed by atoms with E-state index in [0.717, 1.165) is 0 Å². The van der Waals surface area contributed by atoms with Crippen LogP contribution in [0.5, 0.6) is 0 Å². The summed E-state index contributed by atoms with van der Waals surface area (Å²) in [5.41, 5.74) is 0. The van der Waals surface area contributed by atoms with Crippen LogP contribution in [0.2, 0.25) is 0 Å². The number of terminal acetylenes is 1. The molecule has 0 aromatic rings. The van der Waals surface area contributed by atoms with Crippen LogP contribution in [0.25, 0.3) is 0 Å². The lowest BCUT2D eigenvalue weighted by Gasteiger charge is -2.09. The maximum absolute atomic E-state index is 8.98. The Morgan fingerprint density at radius 3 is 2.25 bits per heavy atom. The highest BCUT2D eigenvalue weighted by atomic mass is 16.3. The van der Waals surface area contributed by atoms with Crippen LogP contribution < -0.4 is 0 Å². The van der Waals surface area contributed by atoms with E-state index >= 15 is 0 Å². The predicted octanol–water partition coefficient (Wildman–Crippen LogP) is 1.03. The summed E-state index contributed by atoms with van der Waals surface area (Å²) in [6, 6.07) is 0. The van der Waals surface area contributed by atoms with Crippen LogP contribution in [-0.2, 0) is 0 Å². The molecule has 1 atom stereocenters. The average Bonchev–Trinajstić information content (AvgIpc) is 1.67. The van der Waals surface area contributed by atoms with Gasteiger partial charge in [0.25, 0.3) is 0 Å². The maximum Gasteiger partial charge on any atom is 0.0672 e. The smallest absolute Gasteiger partial charge is 0.0672 e. The molecular formula is C7H12O. The molecule has 0 aliphatic carbocycles. The summed E-state index contributed by atoms with van der Waals surface area (Å²) >= 11 is 0. The number of aliphatic hydroxyl groups is 1. The minimum atomic E-state index is -0.319. The highest BCUT2D eigenvalue weighted by molar-refractivity contribution is 4.87. The van der Waals surface area contributed by atoms with Gasteiger partial charge in [-0.1, -0.05) is 13.8 Å². The van der Waals surface area contributed by atoms with Gasteiger partial charge >= 0.3 is 0 Å². The third-order valence-corrected chi connectivity index (χ3v) is 1.10. The molecule has 0 unspecified atom stereocenters. The lowest BCUT2D eigenvalue weighted by atomic mass is 10.1. The van der Waals surface area contributed by atoms with E-state index in [1.54, 1.807) is 0 Å². The highest BCUT2D eigenvalue weighted by Gasteiger charge is 2.05. The van der Waals surface area contributed by atoms with Crippen LogP contribution in [0, 0.1) is 18.3 Å². The third-order valence-electron chi connectivity index (χ3n) is 1.10. The fourth-order valence-electron chi connectivity index (χ4n) is 0.356. The van der Waals surface area contributed by atoms with Gasteiger partial charge in [0.15, 0.2) is 0 Å². The molecule has 0 aromatic heterocycles. The molecule has 0 saturated heterocycles. The maximum atomic E-state index is 8.98. The van der Waals surface area contributed by atoms with Crippen molar-refractivity contribution in [2.24, 2.45) is 5.92 Å². The van der Waals surface area contributed by atoms with Crippen LogP contribution in [0.1, 0.15) is 20.3 Å². The van der Waals surface area contributed by atoms with E-state index in [1.807, 2.05) is 13.8 Å². The molecule has 0 bridgehead atoms. The van der Waals surface area contributed by atoms with E-state index in [1.165, 1.54) is 0 Å². The zero-order chi connectivity index (χ0) is 6.57. The first kappa shape index (κ1) is 7.52. The van der Waals surface area contributed by atoms with Gasteiger partial charge in [-0.05, 0) is 5.92 Å². The molecule has 0 aromatic carbocycles. The summed E-state index contributed by atoms with van der Waals surface area (Å²) in [4.78, 5) is 0. The van der Waals surface area contributed by atoms with Crippen molar-refractivity contribution in [3.8, 4) is 12.3 Å². The first-order chi connectivity index (χ1) is 3.68. The van der Waals surface area contributed by atoms with Crippen LogP contribution in [0.4, 0.5) is 0 Å². The molecule has 0 aliphatic heterocycles. The Morgan fingerprint density at radius 2 is 2.12 bits per heavy atom. The van der Waals surface area contributed by atoms with Crippen molar-refractivity contribution in [3.05, 3.63) is 0 Å². The summed E-state index contributed by atoms with van der Waals surface area (Å²) in [5, 5.41) is 8.98. The van der Waals surface area contributed by atoms with Crippen molar-refractivity contribution < 1.29 is 5.11 Å². The number of rotatable bonds is 2. The molecule has 0 rings (SSSR count). The topological polar surface area (TPSA) is 20.2 Å². The molecule has 0 spiro atoms. The molecule has 1 N–H and O–H groups in total. The van der Waals surface area contributed by atoms with Gasteiger partial charge in [-0.3, -0.25) is 0 Å². The van der Waals surface area contributed by atoms with Gasteiger partial charge in [-0.2, -0.15) is 0 Å². The Balaban J connectivity index is 3.35. The standard InChI is InChI=1S/C7H12O/c1-4-5-7(8)6(2)3/h1,6-8H,5H2,2-3H3/t7-/m0/s1. The fourth-order valence-corrected chi connectivity index (χ4v) is 0.356. The number of hydrogen-bond acceptors (Lipinski definition) is 1. The van der Waals surface area contributed by atoms with E-state index in [-0.39, 0.29) is 12.0 Å². The second-order valence-corrected chi connectivity index (χ2v) is 2.22. The zero-order valence-corrected chi connectivity index (χ0v) is 5.39. The van der Waals surface area contributed by atoms with Gasteiger partial charge in [0.1, 0.15) is 0 Å². The van der Waals surface area contributed by atoms with E-state index in [2.05, 4.69) is 5.92 Å². The van der Waals surface area contributed by atoms with Crippen molar-refractivity contribution in [1.82, 2.24) is 0 Å². The molecular weight excluding hydrogens is 100 g/mol. The molecule has 46 valence electrons. The van der Waals surface area contributed by atoms with E-state index in [4.69, 9.17) is 11.5 Å². The average molecular weight is 112 g/mol. The summed E-state index contributed by atoms with van der Waals surface area (Å²) < 4.78 is 0. The second kappa shape index (κ2) is 3.51. The lowest BCUT2D eigenvalue weighted by molar-refractivity contribution is 0.130. The number of hydrogen-bond donors (Lipinski definition) is 1. The summed E-state index contributed by atoms with van der Waals surface area (Å²) in [6.07, 6.45) is 5.11. The second-order valence-electron chi connectivity index (χ2n) is 2.22. The van der Waals surface area contributed by atoms with E-state index < -0.39 is 0 Å². The molecule has 0 radical (unpaired) electrons. The van der Waals surface area contributed by atoms with Crippen molar-refractivity contribution >= 4 is 0 Å². The Labute approximate surface area is 50.7 Å². The SMILES string of the molecule is C#CC[C@H](O)C(C)C. The summed E-state index contributed by atoms with van der Waals surface area (Å²) in [5.74, 6) is 2.68. The van der Waals surface area contributed by atoms with E-state index in [0.29, 0.717) is 6.42 Å². The molecule has 1 nitrogen and oxygen atoms in total. The third kappa shape index (κ3) is 2.65. The fraction of sp³-hybridized carbons (Fsp3) is 0.714. The molecule has 0 fully saturated rings. The van der Waals surface area contributed by atoms with Gasteiger partial charge < -0.3 is 5.11 Å². The van der Waals surface area contributed by atoms with Gasteiger partial charge in [0.2, 0.25) is 0 Å². The van der Waals surface area contributed by atoms with Crippen molar-refractivity contribution in [2.45, 2.75) is 26.4 Å². The van der Waals surface area contributed by atoms with Gasteiger partial charge in [-0.15, -0.1) is 12.3 Å². The largest absolute Gasteiger partial charge is 0.392 e. The van der Waals surface area contributed by atoms with Crippen LogP contribution in [0.15, 0.2) is 0 Å². The van der Waals surface area contributed by atoms with Gasteiger partial charge in [0, 0.05) is 6.42 Å². The van der Waals surface area contributed by atoms with Crippen molar-refractivity contribution in [1.29, 1.82) is 0 Å². The lowest BCUT2D eigenvalue weighted by Crippen LogP contribution is -2.12. The Kier molecular flexibility index (Phi) is 3.30. The highest BCUT2D eigenvalue weighted by Crippen LogP contribution is 2.02. The molecule has 1 heteroatoms. The molecule has 0 heterocycles.